The van der Waals surface area contributed by atoms with Crippen LogP contribution in [0.4, 0.5) is 5.69 Å². The van der Waals surface area contributed by atoms with Gasteiger partial charge >= 0.3 is 0 Å². The lowest BCUT2D eigenvalue weighted by Gasteiger charge is -2.21. The van der Waals surface area contributed by atoms with Gasteiger partial charge < -0.3 is 0 Å². The van der Waals surface area contributed by atoms with E-state index in [-0.39, 0.29) is 5.41 Å². The highest BCUT2D eigenvalue weighted by Gasteiger charge is 2.16. The highest BCUT2D eigenvalue weighted by atomic mass is 32.1. The molecule has 0 N–H and O–H groups in total. The van der Waals surface area contributed by atoms with Crippen LogP contribution in [-0.4, -0.2) is 5.16 Å². The van der Waals surface area contributed by atoms with E-state index in [4.69, 9.17) is 12.2 Å². The molecule has 0 aliphatic heterocycles. The van der Waals surface area contributed by atoms with E-state index in [0.29, 0.717) is 5.92 Å². The molecule has 0 fully saturated rings. The summed E-state index contributed by atoms with van der Waals surface area (Å²) in [5, 5.41) is 2.47. The first-order valence-corrected chi connectivity index (χ1v) is 5.99. The Morgan fingerprint density at radius 2 is 1.88 bits per heavy atom. The Morgan fingerprint density at radius 1 is 1.25 bits per heavy atom. The molecule has 0 aliphatic carbocycles. The van der Waals surface area contributed by atoms with Gasteiger partial charge in [0.15, 0.2) is 0 Å². The largest absolute Gasteiger partial charge is 0.194 e. The summed E-state index contributed by atoms with van der Waals surface area (Å²) in [6.45, 7) is 10.9. The number of aliphatic imine (C=N–C) groups is 1. The molecule has 0 radical (unpaired) electrons. The molecule has 0 saturated carbocycles. The minimum Gasteiger partial charge on any atom is -0.194 e. The molecule has 0 bridgehead atoms. The second kappa shape index (κ2) is 4.90. The second-order valence-electron chi connectivity index (χ2n) is 5.38. The Balaban J connectivity index is 3.34. The fraction of sp³-hybridized carbons (Fsp3) is 0.500. The quantitative estimate of drug-likeness (QED) is 0.526. The van der Waals surface area contributed by atoms with Crippen LogP contribution in [0.1, 0.15) is 51.7 Å². The van der Waals surface area contributed by atoms with Crippen molar-refractivity contribution >= 4 is 23.1 Å². The molecule has 0 atom stereocenters. The lowest BCUT2D eigenvalue weighted by molar-refractivity contribution is 0.590. The Morgan fingerprint density at radius 3 is 2.31 bits per heavy atom. The van der Waals surface area contributed by atoms with Crippen molar-refractivity contribution in [2.75, 3.05) is 0 Å². The van der Waals surface area contributed by atoms with Gasteiger partial charge in [-0.05, 0) is 40.7 Å². The summed E-state index contributed by atoms with van der Waals surface area (Å²) in [7, 11) is 0. The number of rotatable bonds is 2. The Kier molecular flexibility index (Phi) is 4.01. The summed E-state index contributed by atoms with van der Waals surface area (Å²) in [6.07, 6.45) is 0. The van der Waals surface area contributed by atoms with E-state index in [2.05, 4.69) is 63.0 Å². The highest BCUT2D eigenvalue weighted by Crippen LogP contribution is 2.32. The van der Waals surface area contributed by atoms with Gasteiger partial charge in [0, 0.05) is 0 Å². The van der Waals surface area contributed by atoms with Crippen molar-refractivity contribution in [3.05, 3.63) is 29.3 Å². The van der Waals surface area contributed by atoms with Gasteiger partial charge in [0.2, 0.25) is 0 Å². The third kappa shape index (κ3) is 3.01. The van der Waals surface area contributed by atoms with Crippen LogP contribution in [0.3, 0.4) is 0 Å². The lowest BCUT2D eigenvalue weighted by atomic mass is 9.85. The van der Waals surface area contributed by atoms with Gasteiger partial charge in [0.1, 0.15) is 0 Å². The number of isothiocyanates is 1. The fourth-order valence-corrected chi connectivity index (χ4v) is 1.74. The van der Waals surface area contributed by atoms with Gasteiger partial charge in [0.25, 0.3) is 0 Å². The molecule has 0 heterocycles. The Labute approximate surface area is 104 Å². The van der Waals surface area contributed by atoms with Crippen molar-refractivity contribution in [3.63, 3.8) is 0 Å². The maximum Gasteiger partial charge on any atom is 0.0777 e. The van der Waals surface area contributed by atoms with Gasteiger partial charge in [-0.25, -0.2) is 0 Å². The normalized spacial score (nSPS) is 11.4. The zero-order chi connectivity index (χ0) is 12.3. The Bertz CT molecular complexity index is 421. The molecule has 0 saturated heterocycles. The SMILES string of the molecule is CC(C)c1ccc(C(C)(C)C)cc1N=C=S. The van der Waals surface area contributed by atoms with Crippen molar-refractivity contribution in [3.8, 4) is 0 Å². The van der Waals surface area contributed by atoms with E-state index in [1.807, 2.05) is 0 Å². The third-order valence-electron chi connectivity index (χ3n) is 2.68. The smallest absolute Gasteiger partial charge is 0.0777 e. The number of hydrogen-bond donors (Lipinski definition) is 0. The lowest BCUT2D eigenvalue weighted by Crippen LogP contribution is -2.11. The zero-order valence-corrected chi connectivity index (χ0v) is 11.5. The molecule has 2 heteroatoms. The summed E-state index contributed by atoms with van der Waals surface area (Å²) >= 11 is 4.70. The molecule has 0 spiro atoms. The summed E-state index contributed by atoms with van der Waals surface area (Å²) < 4.78 is 0. The van der Waals surface area contributed by atoms with Gasteiger partial charge in [0.05, 0.1) is 10.8 Å². The molecular formula is C14H19NS. The van der Waals surface area contributed by atoms with E-state index in [1.54, 1.807) is 0 Å². The van der Waals surface area contributed by atoms with Crippen molar-refractivity contribution in [1.29, 1.82) is 0 Å². The van der Waals surface area contributed by atoms with Crippen molar-refractivity contribution in [1.82, 2.24) is 0 Å². The molecule has 1 nitrogen and oxygen atoms in total. The molecule has 0 unspecified atom stereocenters. The van der Waals surface area contributed by atoms with Gasteiger partial charge in [-0.1, -0.05) is 46.8 Å². The summed E-state index contributed by atoms with van der Waals surface area (Å²) in [4.78, 5) is 4.17. The van der Waals surface area contributed by atoms with Gasteiger partial charge in [-0.3, -0.25) is 0 Å². The highest BCUT2D eigenvalue weighted by molar-refractivity contribution is 7.78. The third-order valence-corrected chi connectivity index (χ3v) is 2.78. The van der Waals surface area contributed by atoms with Gasteiger partial charge in [-0.2, -0.15) is 4.99 Å². The fourth-order valence-electron chi connectivity index (χ4n) is 1.64. The zero-order valence-electron chi connectivity index (χ0n) is 10.7. The average Bonchev–Trinajstić information content (AvgIpc) is 2.16. The van der Waals surface area contributed by atoms with Crippen LogP contribution in [0, 0.1) is 0 Å². The average molecular weight is 233 g/mol. The number of thiocarbonyl (C=S) groups is 1. The first-order chi connectivity index (χ1) is 7.36. The molecule has 1 rings (SSSR count). The minimum atomic E-state index is 0.140. The number of benzene rings is 1. The molecule has 1 aromatic rings. The van der Waals surface area contributed by atoms with Crippen LogP contribution >= 0.6 is 12.2 Å². The molecule has 16 heavy (non-hydrogen) atoms. The van der Waals surface area contributed by atoms with E-state index in [9.17, 15) is 0 Å². The van der Waals surface area contributed by atoms with E-state index < -0.39 is 0 Å². The monoisotopic (exact) mass is 233 g/mol. The van der Waals surface area contributed by atoms with Crippen LogP contribution in [0.15, 0.2) is 23.2 Å². The molecule has 0 aliphatic rings. The number of nitrogens with zero attached hydrogens (tertiary/aromatic N) is 1. The summed E-state index contributed by atoms with van der Waals surface area (Å²) in [6, 6.07) is 6.45. The van der Waals surface area contributed by atoms with E-state index in [1.165, 1.54) is 11.1 Å². The van der Waals surface area contributed by atoms with Crippen LogP contribution in [0.25, 0.3) is 0 Å². The standard InChI is InChI=1S/C14H19NS/c1-10(2)12-7-6-11(14(3,4)5)8-13(12)15-9-16/h6-8,10H,1-5H3. The molecule has 86 valence electrons. The maximum absolute atomic E-state index is 4.70. The van der Waals surface area contributed by atoms with Crippen molar-refractivity contribution in [2.45, 2.75) is 46.0 Å². The Hall–Kier alpha value is -0.980. The van der Waals surface area contributed by atoms with Crippen LogP contribution in [-0.2, 0) is 5.41 Å². The van der Waals surface area contributed by atoms with Crippen LogP contribution in [0.2, 0.25) is 0 Å². The van der Waals surface area contributed by atoms with Crippen LogP contribution < -0.4 is 0 Å². The molecule has 0 aromatic heterocycles. The van der Waals surface area contributed by atoms with Gasteiger partial charge in [-0.15, -0.1) is 0 Å². The van der Waals surface area contributed by atoms with Crippen LogP contribution in [0.5, 0.6) is 0 Å². The van der Waals surface area contributed by atoms with E-state index >= 15 is 0 Å². The molecule has 1 aromatic carbocycles. The number of hydrogen-bond acceptors (Lipinski definition) is 2. The molecular weight excluding hydrogens is 214 g/mol. The van der Waals surface area contributed by atoms with Crippen molar-refractivity contribution in [2.24, 2.45) is 4.99 Å². The summed E-state index contributed by atoms with van der Waals surface area (Å²) in [5.74, 6) is 0.455. The van der Waals surface area contributed by atoms with Crippen molar-refractivity contribution < 1.29 is 0 Å². The topological polar surface area (TPSA) is 12.4 Å². The van der Waals surface area contributed by atoms with E-state index in [0.717, 1.165) is 5.69 Å². The first-order valence-electron chi connectivity index (χ1n) is 5.58. The summed E-state index contributed by atoms with van der Waals surface area (Å²) in [5.41, 5.74) is 3.60. The minimum absolute atomic E-state index is 0.140. The second-order valence-corrected chi connectivity index (χ2v) is 5.56. The predicted molar refractivity (Wildman–Crippen MR) is 73.9 cm³/mol. The molecule has 0 amide bonds. The maximum atomic E-state index is 4.70. The first kappa shape index (κ1) is 13.1. The predicted octanol–water partition coefficient (Wildman–Crippen LogP) is 4.84.